The lowest BCUT2D eigenvalue weighted by Gasteiger charge is -2.25. The first-order chi connectivity index (χ1) is 22.3. The highest BCUT2D eigenvalue weighted by Gasteiger charge is 2.20. The van der Waals surface area contributed by atoms with E-state index in [1.165, 1.54) is 42.0 Å². The Morgan fingerprint density at radius 1 is 0.489 bits per heavy atom. The monoisotopic (exact) mass is 593 g/mol. The number of hydrogen-bond acceptors (Lipinski definition) is 3. The number of thiophene rings is 1. The number of aromatic nitrogens is 2. The molecule has 0 aliphatic rings. The van der Waals surface area contributed by atoms with Gasteiger partial charge in [-0.3, -0.25) is 4.90 Å². The van der Waals surface area contributed by atoms with Gasteiger partial charge in [0.1, 0.15) is 5.82 Å². The second-order valence-corrected chi connectivity index (χ2v) is 12.3. The van der Waals surface area contributed by atoms with Crippen molar-refractivity contribution in [1.82, 2.24) is 9.55 Å². The van der Waals surface area contributed by atoms with Gasteiger partial charge in [-0.15, -0.1) is 11.3 Å². The normalized spacial score (nSPS) is 11.6. The largest absolute Gasteiger partial charge is 0.309 e. The van der Waals surface area contributed by atoms with Crippen LogP contribution >= 0.6 is 11.3 Å². The molecule has 0 radical (unpaired) electrons. The summed E-state index contributed by atoms with van der Waals surface area (Å²) in [5, 5.41) is 5.07. The van der Waals surface area contributed by atoms with Crippen LogP contribution < -0.4 is 4.90 Å². The molecule has 3 heterocycles. The van der Waals surface area contributed by atoms with Crippen molar-refractivity contribution >= 4 is 70.5 Å². The summed E-state index contributed by atoms with van der Waals surface area (Å²) in [7, 11) is 0. The molecule has 45 heavy (non-hydrogen) atoms. The van der Waals surface area contributed by atoms with Crippen LogP contribution in [0, 0.1) is 0 Å². The summed E-state index contributed by atoms with van der Waals surface area (Å²) in [6, 6.07) is 56.2. The minimum Gasteiger partial charge on any atom is -0.309 e. The van der Waals surface area contributed by atoms with Gasteiger partial charge in [0, 0.05) is 49.4 Å². The molecule has 0 unspecified atom stereocenters. The van der Waals surface area contributed by atoms with E-state index >= 15 is 0 Å². The Kier molecular flexibility index (Phi) is 6.00. The molecule has 0 atom stereocenters. The van der Waals surface area contributed by atoms with Crippen molar-refractivity contribution in [2.75, 3.05) is 4.90 Å². The number of rotatable bonds is 5. The Morgan fingerprint density at radius 3 is 1.84 bits per heavy atom. The number of fused-ring (bicyclic) bond motifs is 6. The summed E-state index contributed by atoms with van der Waals surface area (Å²) >= 11 is 1.84. The molecule has 4 heteroatoms. The van der Waals surface area contributed by atoms with Crippen molar-refractivity contribution in [3.05, 3.63) is 164 Å². The number of nitrogens with zero attached hydrogens (tertiary/aromatic N) is 3. The molecule has 0 fully saturated rings. The highest BCUT2D eigenvalue weighted by atomic mass is 32.1. The molecular weight excluding hydrogens is 567 g/mol. The third kappa shape index (κ3) is 4.22. The third-order valence-corrected chi connectivity index (χ3v) is 9.86. The minimum absolute atomic E-state index is 0.879. The number of pyridine rings is 1. The molecular formula is C41H27N3S. The zero-order valence-electron chi connectivity index (χ0n) is 24.3. The lowest BCUT2D eigenvalue weighted by Crippen LogP contribution is -2.11. The maximum Gasteiger partial charge on any atom is 0.137 e. The summed E-state index contributed by atoms with van der Waals surface area (Å²) < 4.78 is 4.89. The number of anilines is 3. The van der Waals surface area contributed by atoms with Crippen molar-refractivity contribution in [2.24, 2.45) is 0 Å². The van der Waals surface area contributed by atoms with Gasteiger partial charge in [0.2, 0.25) is 0 Å². The summed E-state index contributed by atoms with van der Waals surface area (Å²) in [6.45, 7) is 0. The Hall–Kier alpha value is -5.71. The van der Waals surface area contributed by atoms with Crippen LogP contribution in [0.5, 0.6) is 0 Å². The van der Waals surface area contributed by atoms with E-state index in [0.29, 0.717) is 0 Å². The number of benzene rings is 6. The maximum atomic E-state index is 5.05. The zero-order chi connectivity index (χ0) is 29.7. The standard InChI is InChI=1S/C41H27N3S/c1-2-11-28(12-3-1)29-21-26-40(42-27-29)44(38-19-10-16-35-34-15-6-9-20-39(34)45-41(35)38)31-24-22-30(23-25-31)43-36-17-7-4-13-32(36)33-14-5-8-18-37(33)43/h1-27H. The predicted octanol–water partition coefficient (Wildman–Crippen LogP) is 11.7. The van der Waals surface area contributed by atoms with E-state index in [0.717, 1.165) is 34.0 Å². The highest BCUT2D eigenvalue weighted by Crippen LogP contribution is 2.44. The molecule has 0 saturated carbocycles. The van der Waals surface area contributed by atoms with E-state index < -0.39 is 0 Å². The fourth-order valence-electron chi connectivity index (χ4n) is 6.57. The molecule has 0 amide bonds. The van der Waals surface area contributed by atoms with Gasteiger partial charge in [0.15, 0.2) is 0 Å². The Bertz CT molecular complexity index is 2420. The fraction of sp³-hybridized carbons (Fsp3) is 0. The van der Waals surface area contributed by atoms with Gasteiger partial charge in [-0.2, -0.15) is 0 Å². The average Bonchev–Trinajstić information content (AvgIpc) is 3.66. The first-order valence-electron chi connectivity index (χ1n) is 15.1. The van der Waals surface area contributed by atoms with Crippen molar-refractivity contribution in [3.63, 3.8) is 0 Å². The molecule has 0 spiro atoms. The van der Waals surface area contributed by atoms with Crippen LogP contribution in [0.3, 0.4) is 0 Å². The van der Waals surface area contributed by atoms with Crippen LogP contribution in [0.4, 0.5) is 17.2 Å². The Labute approximate surface area is 264 Å². The van der Waals surface area contributed by atoms with E-state index in [1.807, 2.05) is 23.6 Å². The fourth-order valence-corrected chi connectivity index (χ4v) is 7.78. The molecule has 0 N–H and O–H groups in total. The molecule has 0 aliphatic heterocycles. The van der Waals surface area contributed by atoms with E-state index in [2.05, 4.69) is 161 Å². The van der Waals surface area contributed by atoms with E-state index in [-0.39, 0.29) is 0 Å². The highest BCUT2D eigenvalue weighted by molar-refractivity contribution is 7.26. The first kappa shape index (κ1) is 25.8. The van der Waals surface area contributed by atoms with Gasteiger partial charge in [0.05, 0.1) is 21.4 Å². The Balaban J connectivity index is 1.22. The van der Waals surface area contributed by atoms with Crippen molar-refractivity contribution in [1.29, 1.82) is 0 Å². The number of para-hydroxylation sites is 2. The topological polar surface area (TPSA) is 21.1 Å². The summed E-state index contributed by atoms with van der Waals surface area (Å²) in [5.41, 5.74) is 7.98. The molecule has 9 rings (SSSR count). The molecule has 6 aromatic carbocycles. The molecule has 3 nitrogen and oxygen atoms in total. The van der Waals surface area contributed by atoms with Gasteiger partial charge < -0.3 is 4.57 Å². The first-order valence-corrected chi connectivity index (χ1v) is 16.0. The molecule has 0 aliphatic carbocycles. The smallest absolute Gasteiger partial charge is 0.137 e. The van der Waals surface area contributed by atoms with Crippen LogP contribution in [0.25, 0.3) is 58.8 Å². The van der Waals surface area contributed by atoms with E-state index in [1.54, 1.807) is 0 Å². The third-order valence-electron chi connectivity index (χ3n) is 8.65. The van der Waals surface area contributed by atoms with E-state index in [4.69, 9.17) is 4.98 Å². The van der Waals surface area contributed by atoms with Gasteiger partial charge in [-0.05, 0) is 66.2 Å². The average molecular weight is 594 g/mol. The quantitative estimate of drug-likeness (QED) is 0.198. The Morgan fingerprint density at radius 2 is 1.13 bits per heavy atom. The van der Waals surface area contributed by atoms with Crippen LogP contribution in [-0.2, 0) is 0 Å². The number of hydrogen-bond donors (Lipinski definition) is 0. The van der Waals surface area contributed by atoms with Crippen LogP contribution in [-0.4, -0.2) is 9.55 Å². The molecule has 212 valence electrons. The summed E-state index contributed by atoms with van der Waals surface area (Å²) in [4.78, 5) is 7.34. The molecule has 3 aromatic heterocycles. The van der Waals surface area contributed by atoms with Gasteiger partial charge >= 0.3 is 0 Å². The van der Waals surface area contributed by atoms with Gasteiger partial charge in [-0.1, -0.05) is 97.1 Å². The van der Waals surface area contributed by atoms with Crippen molar-refractivity contribution < 1.29 is 0 Å². The minimum atomic E-state index is 0.879. The van der Waals surface area contributed by atoms with Crippen LogP contribution in [0.2, 0.25) is 0 Å². The summed E-state index contributed by atoms with van der Waals surface area (Å²) in [6.07, 6.45) is 1.98. The molecule has 0 bridgehead atoms. The molecule has 0 saturated heterocycles. The lowest BCUT2D eigenvalue weighted by atomic mass is 10.1. The maximum absolute atomic E-state index is 5.05. The van der Waals surface area contributed by atoms with Crippen molar-refractivity contribution in [3.8, 4) is 16.8 Å². The second kappa shape index (κ2) is 10.5. The van der Waals surface area contributed by atoms with Crippen LogP contribution in [0.15, 0.2) is 164 Å². The lowest BCUT2D eigenvalue weighted by molar-refractivity contribution is 1.16. The van der Waals surface area contributed by atoms with Crippen LogP contribution in [0.1, 0.15) is 0 Å². The van der Waals surface area contributed by atoms with Gasteiger partial charge in [0.25, 0.3) is 0 Å². The van der Waals surface area contributed by atoms with E-state index in [9.17, 15) is 0 Å². The zero-order valence-corrected chi connectivity index (χ0v) is 25.2. The molecule has 9 aromatic rings. The SMILES string of the molecule is c1ccc(-c2ccc(N(c3ccc(-n4c5ccccc5c5ccccc54)cc3)c3cccc4c3sc3ccccc34)nc2)cc1. The predicted molar refractivity (Wildman–Crippen MR) is 192 cm³/mol. The second-order valence-electron chi connectivity index (χ2n) is 11.2. The summed E-state index contributed by atoms with van der Waals surface area (Å²) in [5.74, 6) is 0.879. The van der Waals surface area contributed by atoms with Gasteiger partial charge in [-0.25, -0.2) is 4.98 Å². The van der Waals surface area contributed by atoms with Crippen molar-refractivity contribution in [2.45, 2.75) is 0 Å².